The molecule has 0 aromatic heterocycles. The number of hydrogen-bond donors (Lipinski definition) is 0. The summed E-state index contributed by atoms with van der Waals surface area (Å²) >= 11 is 0. The lowest BCUT2D eigenvalue weighted by Gasteiger charge is -2.21. The molecule has 0 aromatic rings. The van der Waals surface area contributed by atoms with E-state index in [0.29, 0.717) is 0 Å². The molecule has 0 amide bonds. The number of rotatable bonds is 4. The van der Waals surface area contributed by atoms with Crippen LogP contribution in [0.2, 0.25) is 0 Å². The summed E-state index contributed by atoms with van der Waals surface area (Å²) in [6.45, 7) is 3.29. The maximum absolute atomic E-state index is 4.97. The first kappa shape index (κ1) is 9.17. The maximum atomic E-state index is 4.97. The lowest BCUT2D eigenvalue weighted by Crippen LogP contribution is -2.19. The van der Waals surface area contributed by atoms with Gasteiger partial charge >= 0.3 is 0 Å². The van der Waals surface area contributed by atoms with E-state index in [0.717, 1.165) is 18.7 Å². The summed E-state index contributed by atoms with van der Waals surface area (Å²) < 4.78 is 4.97. The van der Waals surface area contributed by atoms with E-state index in [9.17, 15) is 0 Å². The third-order valence-electron chi connectivity index (χ3n) is 1.96. The SMILES string of the molecule is CCCCN(C)C1=[C]OC=CC1. The Morgan fingerprint density at radius 3 is 3.08 bits per heavy atom. The molecule has 67 valence electrons. The van der Waals surface area contributed by atoms with Crippen LogP contribution in [0.4, 0.5) is 0 Å². The molecule has 0 saturated carbocycles. The quantitative estimate of drug-likeness (QED) is 0.635. The van der Waals surface area contributed by atoms with E-state index < -0.39 is 0 Å². The second-order valence-corrected chi connectivity index (χ2v) is 3.02. The Bertz CT molecular complexity index is 184. The van der Waals surface area contributed by atoms with Crippen LogP contribution < -0.4 is 0 Å². The number of ether oxygens (including phenoxy) is 1. The molecule has 1 rings (SSSR count). The molecular weight excluding hydrogens is 150 g/mol. The molecule has 0 N–H and O–H groups in total. The smallest absolute Gasteiger partial charge is 0.190 e. The van der Waals surface area contributed by atoms with E-state index in [-0.39, 0.29) is 0 Å². The highest BCUT2D eigenvalue weighted by Gasteiger charge is 2.05. The van der Waals surface area contributed by atoms with Crippen molar-refractivity contribution in [2.75, 3.05) is 13.6 Å². The van der Waals surface area contributed by atoms with Crippen molar-refractivity contribution in [2.24, 2.45) is 0 Å². The van der Waals surface area contributed by atoms with E-state index in [2.05, 4.69) is 25.1 Å². The average Bonchev–Trinajstić information content (AvgIpc) is 2.15. The zero-order valence-electron chi connectivity index (χ0n) is 7.84. The van der Waals surface area contributed by atoms with E-state index in [1.165, 1.54) is 12.8 Å². The topological polar surface area (TPSA) is 12.5 Å². The van der Waals surface area contributed by atoms with Gasteiger partial charge in [-0.25, -0.2) is 0 Å². The van der Waals surface area contributed by atoms with Gasteiger partial charge in [-0.3, -0.25) is 0 Å². The molecule has 0 unspecified atom stereocenters. The molecule has 1 radical (unpaired) electrons. The molecule has 2 heteroatoms. The van der Waals surface area contributed by atoms with E-state index in [1.807, 2.05) is 6.08 Å². The van der Waals surface area contributed by atoms with E-state index in [4.69, 9.17) is 4.74 Å². The number of unbranched alkanes of at least 4 members (excludes halogenated alkanes) is 1. The molecule has 0 bridgehead atoms. The molecule has 0 spiro atoms. The minimum atomic E-state index is 0.945. The van der Waals surface area contributed by atoms with Gasteiger partial charge < -0.3 is 9.64 Å². The fourth-order valence-electron chi connectivity index (χ4n) is 1.12. The Labute approximate surface area is 74.5 Å². The molecule has 0 atom stereocenters. The molecule has 12 heavy (non-hydrogen) atoms. The number of nitrogens with zero attached hydrogens (tertiary/aromatic N) is 1. The van der Waals surface area contributed by atoms with E-state index in [1.54, 1.807) is 6.26 Å². The van der Waals surface area contributed by atoms with Crippen LogP contribution in [0.15, 0.2) is 18.0 Å². The number of hydrogen-bond acceptors (Lipinski definition) is 2. The van der Waals surface area contributed by atoms with Gasteiger partial charge in [-0.2, -0.15) is 0 Å². The third-order valence-corrected chi connectivity index (χ3v) is 1.96. The van der Waals surface area contributed by atoms with Crippen molar-refractivity contribution in [3.05, 3.63) is 24.3 Å². The minimum Gasteiger partial charge on any atom is -0.459 e. The molecule has 0 aromatic carbocycles. The zero-order valence-corrected chi connectivity index (χ0v) is 7.84. The second-order valence-electron chi connectivity index (χ2n) is 3.02. The van der Waals surface area contributed by atoms with Gasteiger partial charge in [-0.15, -0.1) is 0 Å². The fraction of sp³-hybridized carbons (Fsp3) is 0.600. The van der Waals surface area contributed by atoms with Crippen molar-refractivity contribution in [3.8, 4) is 0 Å². The van der Waals surface area contributed by atoms with Crippen molar-refractivity contribution < 1.29 is 4.74 Å². The molecule has 1 heterocycles. The van der Waals surface area contributed by atoms with Crippen LogP contribution >= 0.6 is 0 Å². The second kappa shape index (κ2) is 4.86. The van der Waals surface area contributed by atoms with Crippen molar-refractivity contribution >= 4 is 0 Å². The molecule has 0 aliphatic carbocycles. The van der Waals surface area contributed by atoms with Crippen LogP contribution in [-0.2, 0) is 4.74 Å². The predicted octanol–water partition coefficient (Wildman–Crippen LogP) is 2.30. The van der Waals surface area contributed by atoms with Gasteiger partial charge in [0, 0.05) is 20.0 Å². The first-order valence-electron chi connectivity index (χ1n) is 4.48. The molecule has 0 fully saturated rings. The Balaban J connectivity index is 2.30. The van der Waals surface area contributed by atoms with Crippen LogP contribution in [0.1, 0.15) is 26.2 Å². The fourth-order valence-corrected chi connectivity index (χ4v) is 1.12. The normalized spacial score (nSPS) is 15.3. The van der Waals surface area contributed by atoms with Crippen LogP contribution in [-0.4, -0.2) is 18.5 Å². The van der Waals surface area contributed by atoms with Gasteiger partial charge in [0.2, 0.25) is 0 Å². The zero-order chi connectivity index (χ0) is 8.81. The minimum absolute atomic E-state index is 0.945. The first-order valence-corrected chi connectivity index (χ1v) is 4.48. The van der Waals surface area contributed by atoms with Crippen LogP contribution in [0.3, 0.4) is 0 Å². The number of allylic oxidation sites excluding steroid dienone is 1. The van der Waals surface area contributed by atoms with Gasteiger partial charge in [0.1, 0.15) is 0 Å². The van der Waals surface area contributed by atoms with Crippen molar-refractivity contribution in [1.29, 1.82) is 0 Å². The van der Waals surface area contributed by atoms with Gasteiger partial charge in [-0.1, -0.05) is 13.3 Å². The molecule has 0 saturated heterocycles. The van der Waals surface area contributed by atoms with Gasteiger partial charge in [-0.05, 0) is 12.5 Å². The Hall–Kier alpha value is -0.920. The lowest BCUT2D eigenvalue weighted by atomic mass is 10.2. The summed E-state index contributed by atoms with van der Waals surface area (Å²) in [4.78, 5) is 2.20. The summed E-state index contributed by atoms with van der Waals surface area (Å²) in [5, 5.41) is 0. The lowest BCUT2D eigenvalue weighted by molar-refractivity contribution is 0.310. The van der Waals surface area contributed by atoms with E-state index >= 15 is 0 Å². The summed E-state index contributed by atoms with van der Waals surface area (Å²) in [5.41, 5.74) is 1.14. The largest absolute Gasteiger partial charge is 0.459 e. The van der Waals surface area contributed by atoms with Crippen LogP contribution in [0.25, 0.3) is 0 Å². The Kier molecular flexibility index (Phi) is 3.71. The van der Waals surface area contributed by atoms with Gasteiger partial charge in [0.25, 0.3) is 0 Å². The summed E-state index contributed by atoms with van der Waals surface area (Å²) in [6.07, 6.45) is 9.97. The predicted molar refractivity (Wildman–Crippen MR) is 49.1 cm³/mol. The Morgan fingerprint density at radius 1 is 1.67 bits per heavy atom. The maximum Gasteiger partial charge on any atom is 0.190 e. The molecule has 2 nitrogen and oxygen atoms in total. The molecule has 1 aliphatic rings. The third kappa shape index (κ3) is 2.61. The molecular formula is C10H16NO. The van der Waals surface area contributed by atoms with Crippen molar-refractivity contribution in [1.82, 2.24) is 4.90 Å². The highest BCUT2D eigenvalue weighted by Crippen LogP contribution is 2.12. The summed E-state index contributed by atoms with van der Waals surface area (Å²) in [7, 11) is 2.08. The Morgan fingerprint density at radius 2 is 2.50 bits per heavy atom. The highest BCUT2D eigenvalue weighted by molar-refractivity contribution is 5.03. The molecule has 1 aliphatic heterocycles. The van der Waals surface area contributed by atoms with Crippen LogP contribution in [0.5, 0.6) is 0 Å². The van der Waals surface area contributed by atoms with Gasteiger partial charge in [0.05, 0.1) is 12.0 Å². The average molecular weight is 166 g/mol. The van der Waals surface area contributed by atoms with Crippen molar-refractivity contribution in [3.63, 3.8) is 0 Å². The summed E-state index contributed by atoms with van der Waals surface area (Å²) in [5.74, 6) is 0. The van der Waals surface area contributed by atoms with Gasteiger partial charge in [0.15, 0.2) is 6.26 Å². The monoisotopic (exact) mass is 166 g/mol. The first-order chi connectivity index (χ1) is 5.84. The standard InChI is InChI=1S/C10H16NO/c1-3-4-7-11(2)10-6-5-8-12-9-10/h5,8H,3-4,6-7H2,1-2H3. The van der Waals surface area contributed by atoms with Crippen LogP contribution in [0, 0.1) is 6.26 Å². The summed E-state index contributed by atoms with van der Waals surface area (Å²) in [6, 6.07) is 0. The van der Waals surface area contributed by atoms with Crippen molar-refractivity contribution in [2.45, 2.75) is 26.2 Å². The highest BCUT2D eigenvalue weighted by atomic mass is 16.5.